The van der Waals surface area contributed by atoms with Crippen molar-refractivity contribution in [1.82, 2.24) is 0 Å². The van der Waals surface area contributed by atoms with E-state index in [1.165, 1.54) is 0 Å². The van der Waals surface area contributed by atoms with Crippen molar-refractivity contribution in [2.75, 3.05) is 0 Å². The smallest absolute Gasteiger partial charge is 0.292 e. The molecule has 0 amide bonds. The Morgan fingerprint density at radius 2 is 1.26 bits per heavy atom. The molecule has 0 radical (unpaired) electrons. The maximum Gasteiger partial charge on any atom is 0.292 e. The van der Waals surface area contributed by atoms with E-state index in [0.29, 0.717) is 11.1 Å². The van der Waals surface area contributed by atoms with Crippen LogP contribution in [0.2, 0.25) is 0 Å². The molecule has 0 bridgehead atoms. The van der Waals surface area contributed by atoms with Gasteiger partial charge in [-0.05, 0) is 12.1 Å². The van der Waals surface area contributed by atoms with Crippen molar-refractivity contribution in [3.8, 4) is 12.0 Å². The minimum Gasteiger partial charge on any atom is -0.388 e. The SMILES string of the molecule is N#COc1cccc(P(=O)(c2ccccc2)c2ccccc2)c1. The fourth-order valence-electron chi connectivity index (χ4n) is 2.52. The second-order valence-electron chi connectivity index (χ2n) is 4.97. The fourth-order valence-corrected chi connectivity index (χ4v) is 5.20. The van der Waals surface area contributed by atoms with E-state index in [9.17, 15) is 4.57 Å². The lowest BCUT2D eigenvalue weighted by Crippen LogP contribution is -2.24. The number of benzene rings is 3. The molecule has 0 fully saturated rings. The Balaban J connectivity index is 2.24. The zero-order chi connectivity index (χ0) is 16.1. The van der Waals surface area contributed by atoms with Gasteiger partial charge in [-0.2, -0.15) is 0 Å². The number of hydrogen-bond acceptors (Lipinski definition) is 3. The summed E-state index contributed by atoms with van der Waals surface area (Å²) in [6.45, 7) is 0. The summed E-state index contributed by atoms with van der Waals surface area (Å²) in [5.74, 6) is 0.386. The second-order valence-corrected chi connectivity index (χ2v) is 7.74. The van der Waals surface area contributed by atoms with Crippen molar-refractivity contribution in [1.29, 1.82) is 5.26 Å². The van der Waals surface area contributed by atoms with Gasteiger partial charge in [0.05, 0.1) is 0 Å². The van der Waals surface area contributed by atoms with Crippen molar-refractivity contribution < 1.29 is 9.30 Å². The van der Waals surface area contributed by atoms with E-state index in [1.54, 1.807) is 24.5 Å². The Morgan fingerprint density at radius 3 is 1.78 bits per heavy atom. The van der Waals surface area contributed by atoms with Crippen LogP contribution in [0.1, 0.15) is 0 Å². The van der Waals surface area contributed by atoms with Gasteiger partial charge in [-0.3, -0.25) is 0 Å². The Labute approximate surface area is 135 Å². The summed E-state index contributed by atoms with van der Waals surface area (Å²) >= 11 is 0. The van der Waals surface area contributed by atoms with E-state index in [2.05, 4.69) is 0 Å². The third-order valence-corrected chi connectivity index (χ3v) is 6.64. The average Bonchev–Trinajstić information content (AvgIpc) is 2.63. The van der Waals surface area contributed by atoms with Crippen LogP contribution in [0.4, 0.5) is 0 Å². The molecule has 0 atom stereocenters. The van der Waals surface area contributed by atoms with E-state index in [-0.39, 0.29) is 0 Å². The van der Waals surface area contributed by atoms with Crippen LogP contribution in [0, 0.1) is 11.5 Å². The Kier molecular flexibility index (Phi) is 4.28. The summed E-state index contributed by atoms with van der Waals surface area (Å²) in [5, 5.41) is 10.8. The van der Waals surface area contributed by atoms with Gasteiger partial charge in [0.25, 0.3) is 6.26 Å². The molecular formula is C19H14NO2P. The molecule has 3 rings (SSSR count). The van der Waals surface area contributed by atoms with Gasteiger partial charge < -0.3 is 9.30 Å². The summed E-state index contributed by atoms with van der Waals surface area (Å²) < 4.78 is 18.9. The highest BCUT2D eigenvalue weighted by molar-refractivity contribution is 7.85. The zero-order valence-electron chi connectivity index (χ0n) is 12.3. The summed E-state index contributed by atoms with van der Waals surface area (Å²) in [6.07, 6.45) is 1.65. The molecule has 0 saturated heterocycles. The number of nitrogens with zero attached hydrogens (tertiary/aromatic N) is 1. The molecule has 3 nitrogen and oxygen atoms in total. The molecule has 112 valence electrons. The van der Waals surface area contributed by atoms with Gasteiger partial charge in [0.1, 0.15) is 5.75 Å². The topological polar surface area (TPSA) is 50.1 Å². The highest BCUT2D eigenvalue weighted by Gasteiger charge is 2.29. The van der Waals surface area contributed by atoms with E-state index in [4.69, 9.17) is 10.00 Å². The molecule has 4 heteroatoms. The van der Waals surface area contributed by atoms with Crippen LogP contribution >= 0.6 is 7.14 Å². The average molecular weight is 319 g/mol. The van der Waals surface area contributed by atoms with Crippen LogP contribution in [0.3, 0.4) is 0 Å². The molecule has 23 heavy (non-hydrogen) atoms. The van der Waals surface area contributed by atoms with Crippen molar-refractivity contribution in [2.24, 2.45) is 0 Å². The van der Waals surface area contributed by atoms with Gasteiger partial charge in [-0.25, -0.2) is 0 Å². The van der Waals surface area contributed by atoms with Gasteiger partial charge in [-0.1, -0.05) is 72.8 Å². The molecule has 0 spiro atoms. The first-order chi connectivity index (χ1) is 11.2. The molecule has 0 heterocycles. The predicted molar refractivity (Wildman–Crippen MR) is 92.1 cm³/mol. The summed E-state index contributed by atoms with van der Waals surface area (Å²) in [5.41, 5.74) is 0. The summed E-state index contributed by atoms with van der Waals surface area (Å²) in [4.78, 5) is 0. The second kappa shape index (κ2) is 6.52. The number of hydrogen-bond donors (Lipinski definition) is 0. The minimum absolute atomic E-state index is 0.386. The van der Waals surface area contributed by atoms with Crippen LogP contribution in [0.25, 0.3) is 0 Å². The lowest BCUT2D eigenvalue weighted by atomic mass is 10.3. The number of nitriles is 1. The van der Waals surface area contributed by atoms with Crippen LogP contribution < -0.4 is 20.7 Å². The van der Waals surface area contributed by atoms with Crippen molar-refractivity contribution in [3.05, 3.63) is 84.9 Å². The lowest BCUT2D eigenvalue weighted by molar-refractivity contribution is 0.507. The largest absolute Gasteiger partial charge is 0.388 e. The molecule has 0 aliphatic heterocycles. The fraction of sp³-hybridized carbons (Fsp3) is 0. The van der Waals surface area contributed by atoms with Crippen molar-refractivity contribution in [2.45, 2.75) is 0 Å². The van der Waals surface area contributed by atoms with E-state index >= 15 is 0 Å². The first kappa shape index (κ1) is 15.1. The van der Waals surface area contributed by atoms with Crippen LogP contribution in [0.5, 0.6) is 5.75 Å². The lowest BCUT2D eigenvalue weighted by Gasteiger charge is -2.20. The Morgan fingerprint density at radius 1 is 0.739 bits per heavy atom. The maximum atomic E-state index is 14.0. The number of rotatable bonds is 4. The predicted octanol–water partition coefficient (Wildman–Crippen LogP) is 3.19. The number of ether oxygens (including phenoxy) is 1. The molecular weight excluding hydrogens is 305 g/mol. The first-order valence-corrected chi connectivity index (χ1v) is 8.83. The van der Waals surface area contributed by atoms with Gasteiger partial charge in [0, 0.05) is 15.9 Å². The monoisotopic (exact) mass is 319 g/mol. The molecule has 0 N–H and O–H groups in total. The van der Waals surface area contributed by atoms with E-state index in [1.807, 2.05) is 66.7 Å². The molecule has 0 aliphatic rings. The Bertz CT molecular complexity index is 843. The molecule has 0 aliphatic carbocycles. The molecule has 0 unspecified atom stereocenters. The quantitative estimate of drug-likeness (QED) is 0.548. The first-order valence-electron chi connectivity index (χ1n) is 7.13. The zero-order valence-corrected chi connectivity index (χ0v) is 13.2. The maximum absolute atomic E-state index is 14.0. The van der Waals surface area contributed by atoms with Gasteiger partial charge >= 0.3 is 0 Å². The van der Waals surface area contributed by atoms with Crippen molar-refractivity contribution >= 4 is 23.1 Å². The van der Waals surface area contributed by atoms with E-state index < -0.39 is 7.14 Å². The van der Waals surface area contributed by atoms with Crippen LogP contribution in [0.15, 0.2) is 84.9 Å². The highest BCUT2D eigenvalue weighted by atomic mass is 31.2. The molecule has 0 saturated carbocycles. The molecule has 3 aromatic rings. The highest BCUT2D eigenvalue weighted by Crippen LogP contribution is 2.42. The third-order valence-electron chi connectivity index (χ3n) is 3.58. The standard InChI is InChI=1S/C19H14NO2P/c20-15-22-16-8-7-13-19(14-16)23(21,17-9-3-1-4-10-17)18-11-5-2-6-12-18/h1-14H. The van der Waals surface area contributed by atoms with Gasteiger partial charge in [-0.15, -0.1) is 5.26 Å². The molecule has 0 aromatic heterocycles. The minimum atomic E-state index is -3.02. The normalized spacial score (nSPS) is 10.7. The summed E-state index contributed by atoms with van der Waals surface area (Å²) in [7, 11) is -3.02. The van der Waals surface area contributed by atoms with Crippen molar-refractivity contribution in [3.63, 3.8) is 0 Å². The molecule has 3 aromatic carbocycles. The van der Waals surface area contributed by atoms with Gasteiger partial charge in [0.15, 0.2) is 7.14 Å². The third kappa shape index (κ3) is 2.90. The summed E-state index contributed by atoms with van der Waals surface area (Å²) in [6, 6.07) is 25.7. The van der Waals surface area contributed by atoms with Crippen LogP contribution in [-0.2, 0) is 4.57 Å². The van der Waals surface area contributed by atoms with E-state index in [0.717, 1.165) is 10.6 Å². The Hall–Kier alpha value is -2.82. The van der Waals surface area contributed by atoms with Gasteiger partial charge in [0.2, 0.25) is 0 Å². The van der Waals surface area contributed by atoms with Crippen LogP contribution in [-0.4, -0.2) is 0 Å².